The number of halogens is 3. The Hall–Kier alpha value is -3.62. The summed E-state index contributed by atoms with van der Waals surface area (Å²) in [6.45, 7) is 0. The van der Waals surface area contributed by atoms with Gasteiger partial charge in [-0.15, -0.1) is 0 Å². The van der Waals surface area contributed by atoms with E-state index in [-0.39, 0.29) is 23.7 Å². The third-order valence-corrected chi connectivity index (χ3v) is 4.98. The number of benzene rings is 1. The largest absolute Gasteiger partial charge is 0.469 e. The molecule has 0 bridgehead atoms. The Bertz CT molecular complexity index is 1180. The van der Waals surface area contributed by atoms with Gasteiger partial charge in [0, 0.05) is 23.6 Å². The van der Waals surface area contributed by atoms with Crippen molar-refractivity contribution < 1.29 is 27.2 Å². The molecule has 3 aromatic rings. The van der Waals surface area contributed by atoms with Crippen LogP contribution in [0.25, 0.3) is 0 Å². The number of carbonyl (C=O) groups is 2. The van der Waals surface area contributed by atoms with Crippen LogP contribution in [0.3, 0.4) is 0 Å². The first kappa shape index (κ1) is 19.7. The molecule has 30 heavy (non-hydrogen) atoms. The predicted octanol–water partition coefficient (Wildman–Crippen LogP) is 4.15. The van der Waals surface area contributed by atoms with Crippen LogP contribution in [0.1, 0.15) is 50.1 Å². The molecule has 2 heterocycles. The summed E-state index contributed by atoms with van der Waals surface area (Å²) in [7, 11) is 0. The van der Waals surface area contributed by atoms with Gasteiger partial charge in [0.15, 0.2) is 5.78 Å². The summed E-state index contributed by atoms with van der Waals surface area (Å²) in [5, 5.41) is 2.12. The summed E-state index contributed by atoms with van der Waals surface area (Å²) in [6, 6.07) is 9.02. The summed E-state index contributed by atoms with van der Waals surface area (Å²) < 4.78 is 44.7. The van der Waals surface area contributed by atoms with Crippen LogP contribution < -0.4 is 10.9 Å². The maximum absolute atomic E-state index is 13.1. The van der Waals surface area contributed by atoms with E-state index in [9.17, 15) is 27.6 Å². The van der Waals surface area contributed by atoms with Gasteiger partial charge in [-0.05, 0) is 36.8 Å². The van der Waals surface area contributed by atoms with Gasteiger partial charge in [-0.1, -0.05) is 12.1 Å². The number of para-hydroxylation sites is 1. The molecule has 0 saturated heterocycles. The van der Waals surface area contributed by atoms with Gasteiger partial charge in [-0.25, -0.2) is 0 Å². The Morgan fingerprint density at radius 1 is 1.10 bits per heavy atom. The van der Waals surface area contributed by atoms with E-state index in [1.54, 1.807) is 12.1 Å². The number of amides is 1. The number of aromatic amines is 1. The fourth-order valence-corrected chi connectivity index (χ4v) is 3.55. The second-order valence-corrected chi connectivity index (χ2v) is 6.95. The number of H-pyrrole nitrogens is 1. The topological polar surface area (TPSA) is 92.2 Å². The van der Waals surface area contributed by atoms with Gasteiger partial charge < -0.3 is 14.7 Å². The number of rotatable bonds is 3. The van der Waals surface area contributed by atoms with Crippen molar-refractivity contribution in [3.8, 4) is 0 Å². The maximum atomic E-state index is 13.1. The molecule has 4 rings (SSSR count). The summed E-state index contributed by atoms with van der Waals surface area (Å²) in [5.41, 5.74) is -2.20. The van der Waals surface area contributed by atoms with Crippen molar-refractivity contribution in [2.24, 2.45) is 0 Å². The number of nitrogens with one attached hydrogen (secondary N) is 2. The fraction of sp³-hybridized carbons (Fsp3) is 0.190. The normalized spacial score (nSPS) is 16.2. The second kappa shape index (κ2) is 7.33. The number of hydrogen-bond acceptors (Lipinski definition) is 4. The van der Waals surface area contributed by atoms with Crippen molar-refractivity contribution in [2.45, 2.75) is 24.9 Å². The van der Waals surface area contributed by atoms with Crippen LogP contribution in [0.2, 0.25) is 0 Å². The summed E-state index contributed by atoms with van der Waals surface area (Å²) in [4.78, 5) is 40.1. The van der Waals surface area contributed by atoms with E-state index in [0.29, 0.717) is 17.9 Å². The zero-order valence-electron chi connectivity index (χ0n) is 15.4. The standard InChI is InChI=1S/C21H15F3N2O4/c22-21(23,24)14-4-1-2-5-15(14)25-19(28)13-10-12-16(26-20(13)29)8-11(9-17(12)27)18-6-3-7-30-18/h1-7,10-11H,8-9H2,(H,25,28)(H,26,29)/t11-/m0/s1. The molecule has 1 amide bonds. The lowest BCUT2D eigenvalue weighted by Gasteiger charge is -2.22. The average Bonchev–Trinajstić information content (AvgIpc) is 3.21. The van der Waals surface area contributed by atoms with E-state index in [0.717, 1.165) is 18.2 Å². The van der Waals surface area contributed by atoms with E-state index >= 15 is 0 Å². The van der Waals surface area contributed by atoms with Gasteiger partial charge in [0.05, 0.1) is 17.5 Å². The number of ketones is 1. The highest BCUT2D eigenvalue weighted by Gasteiger charge is 2.34. The minimum Gasteiger partial charge on any atom is -0.469 e. The first-order valence-electron chi connectivity index (χ1n) is 9.04. The van der Waals surface area contributed by atoms with Crippen LogP contribution in [0.15, 0.2) is 57.9 Å². The smallest absolute Gasteiger partial charge is 0.418 e. The molecule has 0 fully saturated rings. The summed E-state index contributed by atoms with van der Waals surface area (Å²) >= 11 is 0. The van der Waals surface area contributed by atoms with Gasteiger partial charge in [0.1, 0.15) is 11.3 Å². The van der Waals surface area contributed by atoms with Crippen molar-refractivity contribution in [3.05, 3.63) is 87.2 Å². The number of fused-ring (bicyclic) bond motifs is 1. The van der Waals surface area contributed by atoms with Crippen molar-refractivity contribution in [1.29, 1.82) is 0 Å². The number of anilines is 1. The molecule has 0 radical (unpaired) electrons. The first-order chi connectivity index (χ1) is 14.2. The maximum Gasteiger partial charge on any atom is 0.418 e. The highest BCUT2D eigenvalue weighted by molar-refractivity contribution is 6.07. The number of furan rings is 1. The second-order valence-electron chi connectivity index (χ2n) is 6.95. The third kappa shape index (κ3) is 3.66. The molecule has 1 atom stereocenters. The molecule has 2 N–H and O–H groups in total. The minimum absolute atomic E-state index is 0.129. The predicted molar refractivity (Wildman–Crippen MR) is 101 cm³/mol. The third-order valence-electron chi connectivity index (χ3n) is 4.98. The molecule has 0 saturated carbocycles. The molecule has 1 aliphatic rings. The van der Waals surface area contributed by atoms with Crippen molar-refractivity contribution in [3.63, 3.8) is 0 Å². The van der Waals surface area contributed by atoms with E-state index in [2.05, 4.69) is 10.3 Å². The Labute approximate surface area is 167 Å². The lowest BCUT2D eigenvalue weighted by atomic mass is 9.84. The van der Waals surface area contributed by atoms with E-state index < -0.39 is 34.5 Å². The molecule has 0 spiro atoms. The Morgan fingerprint density at radius 2 is 1.87 bits per heavy atom. The highest BCUT2D eigenvalue weighted by atomic mass is 19.4. The van der Waals surface area contributed by atoms with Crippen LogP contribution in [-0.4, -0.2) is 16.7 Å². The Morgan fingerprint density at radius 3 is 2.57 bits per heavy atom. The van der Waals surface area contributed by atoms with Crippen LogP contribution >= 0.6 is 0 Å². The molecule has 0 unspecified atom stereocenters. The van der Waals surface area contributed by atoms with Crippen molar-refractivity contribution >= 4 is 17.4 Å². The molecule has 1 aromatic carbocycles. The van der Waals surface area contributed by atoms with Gasteiger partial charge in [0.2, 0.25) is 0 Å². The SMILES string of the molecule is O=C1C[C@@H](c2ccco2)Cc2[nH]c(=O)c(C(=O)Nc3ccccc3C(F)(F)F)cc21. The fourth-order valence-electron chi connectivity index (χ4n) is 3.55. The monoisotopic (exact) mass is 416 g/mol. The van der Waals surface area contributed by atoms with Crippen LogP contribution in [0, 0.1) is 0 Å². The van der Waals surface area contributed by atoms with E-state index in [1.807, 2.05) is 0 Å². The molecular weight excluding hydrogens is 401 g/mol. The zero-order chi connectivity index (χ0) is 21.5. The number of carbonyl (C=O) groups excluding carboxylic acids is 2. The Kier molecular flexibility index (Phi) is 4.81. The number of Topliss-reactive ketones (excluding diaryl/α,β-unsaturated/α-hetero) is 1. The van der Waals surface area contributed by atoms with E-state index in [4.69, 9.17) is 4.42 Å². The molecule has 1 aliphatic carbocycles. The van der Waals surface area contributed by atoms with E-state index in [1.165, 1.54) is 18.4 Å². The number of hydrogen-bond donors (Lipinski definition) is 2. The van der Waals surface area contributed by atoms with Gasteiger partial charge in [-0.2, -0.15) is 13.2 Å². The van der Waals surface area contributed by atoms with Crippen molar-refractivity contribution in [1.82, 2.24) is 4.98 Å². The van der Waals surface area contributed by atoms with Gasteiger partial charge in [0.25, 0.3) is 11.5 Å². The average molecular weight is 416 g/mol. The van der Waals surface area contributed by atoms with Crippen LogP contribution in [-0.2, 0) is 12.6 Å². The van der Waals surface area contributed by atoms with Crippen LogP contribution in [0.4, 0.5) is 18.9 Å². The summed E-state index contributed by atoms with van der Waals surface area (Å²) in [6.07, 6.45) is -2.72. The lowest BCUT2D eigenvalue weighted by molar-refractivity contribution is -0.136. The molecule has 0 aliphatic heterocycles. The number of aromatic nitrogens is 1. The molecule has 9 heteroatoms. The Balaban J connectivity index is 1.65. The lowest BCUT2D eigenvalue weighted by Crippen LogP contribution is -2.29. The molecule has 2 aromatic heterocycles. The number of pyridine rings is 1. The van der Waals surface area contributed by atoms with Gasteiger partial charge >= 0.3 is 6.18 Å². The van der Waals surface area contributed by atoms with Gasteiger partial charge in [-0.3, -0.25) is 14.4 Å². The number of alkyl halides is 3. The molecule has 6 nitrogen and oxygen atoms in total. The quantitative estimate of drug-likeness (QED) is 0.671. The van der Waals surface area contributed by atoms with Crippen molar-refractivity contribution in [2.75, 3.05) is 5.32 Å². The molecular formula is C21H15F3N2O4. The zero-order valence-corrected chi connectivity index (χ0v) is 15.4. The highest BCUT2D eigenvalue weighted by Crippen LogP contribution is 2.35. The minimum atomic E-state index is -4.68. The summed E-state index contributed by atoms with van der Waals surface area (Å²) in [5.74, 6) is -0.954. The first-order valence-corrected chi connectivity index (χ1v) is 9.04. The molecule has 154 valence electrons. The van der Waals surface area contributed by atoms with Crippen LogP contribution in [0.5, 0.6) is 0 Å².